The van der Waals surface area contributed by atoms with E-state index in [-0.39, 0.29) is 5.56 Å². The Morgan fingerprint density at radius 1 is 1.09 bits per heavy atom. The van der Waals surface area contributed by atoms with Gasteiger partial charge in [0.15, 0.2) is 0 Å². The predicted octanol–water partition coefficient (Wildman–Crippen LogP) is 5.16. The molecule has 0 aliphatic carbocycles. The Kier molecular flexibility index (Phi) is 7.70. The minimum Gasteiger partial charge on any atom is -0.598 e. The third kappa shape index (κ3) is 5.78. The SMILES string of the molecule is C[C@H](c1cc(F)cc(F)c1)[C@H](N[S@+]([O-])C(C)(C)C)c1ncccc1-c1ccc(F)c(C(N)=O)c1. The van der Waals surface area contributed by atoms with Gasteiger partial charge in [-0.1, -0.05) is 19.1 Å². The molecule has 9 heteroatoms. The molecule has 0 bridgehead atoms. The molecule has 0 saturated heterocycles. The fraction of sp³-hybridized carbons (Fsp3) is 0.280. The topological polar surface area (TPSA) is 91.1 Å². The number of rotatable bonds is 7. The monoisotopic (exact) mass is 489 g/mol. The molecular weight excluding hydrogens is 463 g/mol. The quantitative estimate of drug-likeness (QED) is 0.449. The standard InChI is InChI=1S/C25H26F3N3O2S/c1-14(16-10-17(26)13-18(27)11-16)22(31-34(33)25(2,3)4)23-19(6-5-9-30-23)15-7-8-21(28)20(12-15)24(29)32/h5-14,22,31H,1-4H3,(H2,29,32)/t14-,22+,34-/m1/s1. The van der Waals surface area contributed by atoms with Crippen molar-refractivity contribution in [2.75, 3.05) is 0 Å². The molecule has 5 nitrogen and oxygen atoms in total. The van der Waals surface area contributed by atoms with Crippen molar-refractivity contribution in [1.82, 2.24) is 9.71 Å². The summed E-state index contributed by atoms with van der Waals surface area (Å²) in [6.45, 7) is 7.11. The normalized spacial score (nSPS) is 14.5. The zero-order valence-corrected chi connectivity index (χ0v) is 20.1. The summed E-state index contributed by atoms with van der Waals surface area (Å²) < 4.78 is 57.6. The zero-order chi connectivity index (χ0) is 25.2. The third-order valence-corrected chi connectivity index (χ3v) is 6.96. The van der Waals surface area contributed by atoms with Gasteiger partial charge < -0.3 is 10.3 Å². The van der Waals surface area contributed by atoms with Crippen molar-refractivity contribution >= 4 is 17.3 Å². The number of primary amides is 1. The van der Waals surface area contributed by atoms with Crippen LogP contribution in [0.3, 0.4) is 0 Å². The maximum atomic E-state index is 14.1. The Bertz CT molecular complexity index is 1180. The van der Waals surface area contributed by atoms with Gasteiger partial charge in [0.2, 0.25) is 0 Å². The van der Waals surface area contributed by atoms with Gasteiger partial charge >= 0.3 is 0 Å². The van der Waals surface area contributed by atoms with E-state index in [0.29, 0.717) is 22.4 Å². The van der Waals surface area contributed by atoms with Gasteiger partial charge in [-0.05, 0) is 62.2 Å². The number of aromatic nitrogens is 1. The Hall–Kier alpha value is -2.88. The molecule has 3 N–H and O–H groups in total. The highest BCUT2D eigenvalue weighted by molar-refractivity contribution is 7.90. The van der Waals surface area contributed by atoms with E-state index in [1.807, 2.05) is 0 Å². The van der Waals surface area contributed by atoms with Crippen molar-refractivity contribution < 1.29 is 22.5 Å². The van der Waals surface area contributed by atoms with Crippen LogP contribution in [0.4, 0.5) is 13.2 Å². The second kappa shape index (κ2) is 10.2. The lowest BCUT2D eigenvalue weighted by atomic mass is 9.88. The summed E-state index contributed by atoms with van der Waals surface area (Å²) in [6, 6.07) is 9.77. The van der Waals surface area contributed by atoms with Gasteiger partial charge in [0.1, 0.15) is 28.2 Å². The second-order valence-electron chi connectivity index (χ2n) is 8.96. The Morgan fingerprint density at radius 3 is 2.32 bits per heavy atom. The first kappa shape index (κ1) is 25.7. The van der Waals surface area contributed by atoms with Crippen molar-refractivity contribution in [3.05, 3.63) is 89.0 Å². The van der Waals surface area contributed by atoms with E-state index in [1.165, 1.54) is 30.5 Å². The number of nitrogens with one attached hydrogen (secondary N) is 1. The molecule has 0 aliphatic heterocycles. The largest absolute Gasteiger partial charge is 0.598 e. The molecule has 3 atom stereocenters. The number of nitrogens with two attached hydrogens (primary N) is 1. The molecule has 0 radical (unpaired) electrons. The first-order valence-corrected chi connectivity index (χ1v) is 11.7. The van der Waals surface area contributed by atoms with Crippen LogP contribution in [0.5, 0.6) is 0 Å². The van der Waals surface area contributed by atoms with Crippen LogP contribution in [0.15, 0.2) is 54.7 Å². The lowest BCUT2D eigenvalue weighted by Gasteiger charge is -2.31. The Balaban J connectivity index is 2.17. The molecule has 34 heavy (non-hydrogen) atoms. The van der Waals surface area contributed by atoms with E-state index in [2.05, 4.69) is 9.71 Å². The minimum absolute atomic E-state index is 0.282. The molecule has 0 aliphatic rings. The molecule has 3 aromatic rings. The summed E-state index contributed by atoms with van der Waals surface area (Å²) >= 11 is -1.56. The van der Waals surface area contributed by atoms with Gasteiger partial charge in [0.05, 0.1) is 11.3 Å². The van der Waals surface area contributed by atoms with Crippen LogP contribution >= 0.6 is 0 Å². The first-order chi connectivity index (χ1) is 15.9. The van der Waals surface area contributed by atoms with Gasteiger partial charge in [-0.2, -0.15) is 0 Å². The summed E-state index contributed by atoms with van der Waals surface area (Å²) in [4.78, 5) is 16.2. The van der Waals surface area contributed by atoms with E-state index in [1.54, 1.807) is 39.8 Å². The summed E-state index contributed by atoms with van der Waals surface area (Å²) in [5, 5.41) is 0. The molecule has 1 heterocycles. The second-order valence-corrected chi connectivity index (χ2v) is 11.0. The predicted molar refractivity (Wildman–Crippen MR) is 127 cm³/mol. The van der Waals surface area contributed by atoms with Crippen LogP contribution in [-0.4, -0.2) is 20.2 Å². The molecule has 180 valence electrons. The molecule has 0 spiro atoms. The van der Waals surface area contributed by atoms with E-state index >= 15 is 0 Å². The highest BCUT2D eigenvalue weighted by atomic mass is 32.2. The number of nitrogens with zero attached hydrogens (tertiary/aromatic N) is 1. The smallest absolute Gasteiger partial charge is 0.251 e. The molecule has 0 fully saturated rings. The van der Waals surface area contributed by atoms with E-state index in [0.717, 1.165) is 12.1 Å². The van der Waals surface area contributed by atoms with Gasteiger partial charge in [-0.15, -0.1) is 4.72 Å². The van der Waals surface area contributed by atoms with Crippen LogP contribution < -0.4 is 10.5 Å². The van der Waals surface area contributed by atoms with Crippen molar-refractivity contribution in [3.8, 4) is 11.1 Å². The van der Waals surface area contributed by atoms with Gasteiger partial charge in [0, 0.05) is 35.1 Å². The number of carbonyl (C=O) groups is 1. The number of amides is 1. The number of halogens is 3. The van der Waals surface area contributed by atoms with Crippen LogP contribution in [0.25, 0.3) is 11.1 Å². The molecular formula is C25H26F3N3O2S. The van der Waals surface area contributed by atoms with E-state index in [4.69, 9.17) is 5.73 Å². The number of hydrogen-bond acceptors (Lipinski definition) is 4. The summed E-state index contributed by atoms with van der Waals surface area (Å²) in [7, 11) is 0. The zero-order valence-electron chi connectivity index (χ0n) is 19.2. The highest BCUT2D eigenvalue weighted by Gasteiger charge is 2.35. The molecule has 0 saturated carbocycles. The summed E-state index contributed by atoms with van der Waals surface area (Å²) in [5.74, 6) is -3.71. The summed E-state index contributed by atoms with van der Waals surface area (Å²) in [6.07, 6.45) is 1.53. The molecule has 0 unspecified atom stereocenters. The van der Waals surface area contributed by atoms with E-state index in [9.17, 15) is 22.5 Å². The number of carbonyl (C=O) groups excluding carboxylic acids is 1. The molecule has 3 rings (SSSR count). The fourth-order valence-corrected chi connectivity index (χ4v) is 4.41. The third-order valence-electron chi connectivity index (χ3n) is 5.38. The molecule has 1 aromatic heterocycles. The van der Waals surface area contributed by atoms with Gasteiger partial charge in [-0.3, -0.25) is 9.78 Å². The molecule has 2 aromatic carbocycles. The first-order valence-electron chi connectivity index (χ1n) is 10.6. The maximum absolute atomic E-state index is 14.1. The lowest BCUT2D eigenvalue weighted by molar-refractivity contribution is 0.0996. The summed E-state index contributed by atoms with van der Waals surface area (Å²) in [5.41, 5.74) is 6.77. The minimum atomic E-state index is -1.56. The van der Waals surface area contributed by atoms with Crippen molar-refractivity contribution in [2.24, 2.45) is 5.73 Å². The van der Waals surface area contributed by atoms with Gasteiger partial charge in [-0.25, -0.2) is 13.2 Å². The number of benzene rings is 2. The van der Waals surface area contributed by atoms with Crippen LogP contribution in [-0.2, 0) is 11.4 Å². The number of pyridine rings is 1. The maximum Gasteiger partial charge on any atom is 0.251 e. The average Bonchev–Trinajstić information content (AvgIpc) is 2.75. The van der Waals surface area contributed by atoms with Crippen molar-refractivity contribution in [1.29, 1.82) is 0 Å². The Labute approximate surface area is 199 Å². The highest BCUT2D eigenvalue weighted by Crippen LogP contribution is 2.37. The molecule has 1 amide bonds. The van der Waals surface area contributed by atoms with Crippen molar-refractivity contribution in [2.45, 2.75) is 44.4 Å². The average molecular weight is 490 g/mol. The van der Waals surface area contributed by atoms with Crippen LogP contribution in [0.1, 0.15) is 61.3 Å². The number of hydrogen-bond donors (Lipinski definition) is 2. The lowest BCUT2D eigenvalue weighted by Crippen LogP contribution is -2.43. The fourth-order valence-electron chi connectivity index (χ4n) is 3.51. The van der Waals surface area contributed by atoms with Gasteiger partial charge in [0.25, 0.3) is 5.91 Å². The Morgan fingerprint density at radius 2 is 1.74 bits per heavy atom. The van der Waals surface area contributed by atoms with E-state index < -0.39 is 51.4 Å². The van der Waals surface area contributed by atoms with Crippen LogP contribution in [0.2, 0.25) is 0 Å². The van der Waals surface area contributed by atoms with Crippen molar-refractivity contribution in [3.63, 3.8) is 0 Å². The van der Waals surface area contributed by atoms with Crippen LogP contribution in [0, 0.1) is 17.5 Å².